The number of nitrogens with zero attached hydrogens (tertiary/aromatic N) is 3. The minimum absolute atomic E-state index is 0.0594. The predicted molar refractivity (Wildman–Crippen MR) is 103 cm³/mol. The van der Waals surface area contributed by atoms with Crippen LogP contribution < -0.4 is 5.32 Å². The van der Waals surface area contributed by atoms with E-state index in [1.807, 2.05) is 18.2 Å². The van der Waals surface area contributed by atoms with Gasteiger partial charge in [0, 0.05) is 43.8 Å². The molecule has 0 aliphatic carbocycles. The highest BCUT2D eigenvalue weighted by molar-refractivity contribution is 7.89. The highest BCUT2D eigenvalue weighted by Gasteiger charge is 2.33. The van der Waals surface area contributed by atoms with Gasteiger partial charge in [-0.15, -0.1) is 0 Å². The molecule has 0 saturated carbocycles. The van der Waals surface area contributed by atoms with Crippen molar-refractivity contribution < 1.29 is 13.2 Å². The third-order valence-electron chi connectivity index (χ3n) is 4.93. The third-order valence-corrected chi connectivity index (χ3v) is 7.07. The summed E-state index contributed by atoms with van der Waals surface area (Å²) in [6, 6.07) is 7.36. The van der Waals surface area contributed by atoms with Crippen molar-refractivity contribution in [3.8, 4) is 0 Å². The monoisotopic (exact) mass is 410 g/mol. The zero-order chi connectivity index (χ0) is 19.6. The van der Waals surface area contributed by atoms with Crippen molar-refractivity contribution in [1.29, 1.82) is 0 Å². The molecule has 1 aliphatic rings. The maximum Gasteiger partial charge on any atom is 0.262 e. The average Bonchev–Trinajstić information content (AvgIpc) is 3.00. The number of carbonyl (C=O) groups is 1. The van der Waals surface area contributed by atoms with Gasteiger partial charge in [-0.1, -0.05) is 29.8 Å². The van der Waals surface area contributed by atoms with Crippen LogP contribution in [-0.2, 0) is 28.4 Å². The first kappa shape index (κ1) is 19.9. The first-order valence-electron chi connectivity index (χ1n) is 8.80. The van der Waals surface area contributed by atoms with Gasteiger partial charge in [-0.05, 0) is 31.4 Å². The van der Waals surface area contributed by atoms with Gasteiger partial charge in [0.2, 0.25) is 5.91 Å². The van der Waals surface area contributed by atoms with Gasteiger partial charge in [0.15, 0.2) is 5.03 Å². The third kappa shape index (κ3) is 4.34. The molecule has 9 heteroatoms. The number of imidazole rings is 1. The minimum Gasteiger partial charge on any atom is -0.352 e. The lowest BCUT2D eigenvalue weighted by atomic mass is 9.97. The van der Waals surface area contributed by atoms with Gasteiger partial charge in [-0.25, -0.2) is 13.4 Å². The van der Waals surface area contributed by atoms with Gasteiger partial charge in [0.25, 0.3) is 10.0 Å². The van der Waals surface area contributed by atoms with Crippen molar-refractivity contribution in [2.45, 2.75) is 31.3 Å². The summed E-state index contributed by atoms with van der Waals surface area (Å²) in [6.45, 7) is 2.74. The highest BCUT2D eigenvalue weighted by atomic mass is 35.5. The molecule has 3 rings (SSSR count). The largest absolute Gasteiger partial charge is 0.352 e. The van der Waals surface area contributed by atoms with Crippen LogP contribution in [0.15, 0.2) is 35.5 Å². The molecule has 2 aromatic rings. The lowest BCUT2D eigenvalue weighted by Crippen LogP contribution is -2.43. The minimum atomic E-state index is -3.62. The number of halogens is 1. The van der Waals surface area contributed by atoms with Crippen LogP contribution in [0.3, 0.4) is 0 Å². The molecule has 0 radical (unpaired) electrons. The summed E-state index contributed by atoms with van der Waals surface area (Å²) in [5.41, 5.74) is 0.859. The lowest BCUT2D eigenvalue weighted by molar-refractivity contribution is -0.126. The molecule has 7 nitrogen and oxygen atoms in total. The molecule has 1 N–H and O–H groups in total. The number of aryl methyl sites for hydroxylation is 2. The SMILES string of the molecule is Cc1nc(S(=O)(=O)N2CCC(C(=O)NCc3ccccc3Cl)CC2)cn1C. The van der Waals surface area contributed by atoms with Crippen LogP contribution in [0.4, 0.5) is 0 Å². The summed E-state index contributed by atoms with van der Waals surface area (Å²) in [6.07, 6.45) is 2.49. The number of aromatic nitrogens is 2. The molecule has 0 bridgehead atoms. The Bertz CT molecular complexity index is 914. The topological polar surface area (TPSA) is 84.3 Å². The molecule has 1 aromatic heterocycles. The fourth-order valence-electron chi connectivity index (χ4n) is 3.11. The van der Waals surface area contributed by atoms with E-state index in [1.54, 1.807) is 24.6 Å². The number of sulfonamides is 1. The predicted octanol–water partition coefficient (Wildman–Crippen LogP) is 2.10. The van der Waals surface area contributed by atoms with Crippen LogP contribution >= 0.6 is 11.6 Å². The van der Waals surface area contributed by atoms with Crippen LogP contribution in [0.25, 0.3) is 0 Å². The summed E-state index contributed by atoms with van der Waals surface area (Å²) < 4.78 is 28.5. The second-order valence-electron chi connectivity index (χ2n) is 6.72. The molecule has 0 atom stereocenters. The number of nitrogens with one attached hydrogen (secondary N) is 1. The summed E-state index contributed by atoms with van der Waals surface area (Å²) in [4.78, 5) is 16.5. The van der Waals surface area contributed by atoms with E-state index in [2.05, 4.69) is 10.3 Å². The molecule has 1 aromatic carbocycles. The molecule has 146 valence electrons. The van der Waals surface area contributed by atoms with Crippen molar-refractivity contribution >= 4 is 27.5 Å². The van der Waals surface area contributed by atoms with Crippen molar-refractivity contribution in [3.63, 3.8) is 0 Å². The van der Waals surface area contributed by atoms with Crippen molar-refractivity contribution in [3.05, 3.63) is 46.9 Å². The molecular formula is C18H23ClN4O3S. The Morgan fingerprint density at radius 2 is 1.96 bits per heavy atom. The molecule has 1 fully saturated rings. The van der Waals surface area contributed by atoms with E-state index in [9.17, 15) is 13.2 Å². The molecule has 1 saturated heterocycles. The van der Waals surface area contributed by atoms with Crippen molar-refractivity contribution in [1.82, 2.24) is 19.2 Å². The van der Waals surface area contributed by atoms with Gasteiger partial charge < -0.3 is 9.88 Å². The van der Waals surface area contributed by atoms with E-state index in [0.717, 1.165) is 5.56 Å². The Kier molecular flexibility index (Phi) is 5.88. The van der Waals surface area contributed by atoms with Gasteiger partial charge in [-0.2, -0.15) is 4.31 Å². The fourth-order valence-corrected chi connectivity index (χ4v) is 4.81. The Morgan fingerprint density at radius 3 is 2.56 bits per heavy atom. The van der Waals surface area contributed by atoms with Crippen molar-refractivity contribution in [2.75, 3.05) is 13.1 Å². The standard InChI is InChI=1S/C18H23ClN4O3S/c1-13-21-17(12-22(13)2)27(25,26)23-9-7-14(8-10-23)18(24)20-11-15-5-3-4-6-16(15)19/h3-6,12,14H,7-11H2,1-2H3,(H,20,24). The zero-order valence-electron chi connectivity index (χ0n) is 15.4. The maximum absolute atomic E-state index is 12.7. The Balaban J connectivity index is 1.56. The second-order valence-corrected chi connectivity index (χ2v) is 9.02. The van der Waals surface area contributed by atoms with Crippen molar-refractivity contribution in [2.24, 2.45) is 13.0 Å². The Labute approximate surface area is 164 Å². The molecule has 27 heavy (non-hydrogen) atoms. The molecule has 0 unspecified atom stereocenters. The first-order valence-corrected chi connectivity index (χ1v) is 10.6. The van der Waals surface area contributed by atoms with E-state index in [4.69, 9.17) is 11.6 Å². The summed E-state index contributed by atoms with van der Waals surface area (Å²) in [5.74, 6) is 0.368. The van der Waals surface area contributed by atoms with Crippen LogP contribution in [-0.4, -0.2) is 41.3 Å². The fraction of sp³-hybridized carbons (Fsp3) is 0.444. The number of rotatable bonds is 5. The number of amides is 1. The number of hydrogen-bond donors (Lipinski definition) is 1. The number of piperidine rings is 1. The molecule has 1 aliphatic heterocycles. The van der Waals surface area contributed by atoms with E-state index in [-0.39, 0.29) is 16.9 Å². The quantitative estimate of drug-likeness (QED) is 0.818. The summed E-state index contributed by atoms with van der Waals surface area (Å²) in [5, 5.41) is 3.57. The van der Waals surface area contributed by atoms with Crippen LogP contribution in [0.1, 0.15) is 24.2 Å². The van der Waals surface area contributed by atoms with Crippen LogP contribution in [0.2, 0.25) is 5.02 Å². The summed E-state index contributed by atoms with van der Waals surface area (Å²) >= 11 is 6.10. The summed E-state index contributed by atoms with van der Waals surface area (Å²) in [7, 11) is -1.86. The van der Waals surface area contributed by atoms with E-state index in [0.29, 0.717) is 43.3 Å². The number of carbonyl (C=O) groups excluding carboxylic acids is 1. The highest BCUT2D eigenvalue weighted by Crippen LogP contribution is 2.24. The second kappa shape index (κ2) is 8.00. The van der Waals surface area contributed by atoms with E-state index < -0.39 is 10.0 Å². The zero-order valence-corrected chi connectivity index (χ0v) is 16.9. The Morgan fingerprint density at radius 1 is 1.30 bits per heavy atom. The van der Waals surface area contributed by atoms with Gasteiger partial charge in [0.05, 0.1) is 0 Å². The van der Waals surface area contributed by atoms with Crippen LogP contribution in [0.5, 0.6) is 0 Å². The lowest BCUT2D eigenvalue weighted by Gasteiger charge is -2.30. The maximum atomic E-state index is 12.7. The van der Waals surface area contributed by atoms with Gasteiger partial charge >= 0.3 is 0 Å². The first-order chi connectivity index (χ1) is 12.8. The van der Waals surface area contributed by atoms with E-state index >= 15 is 0 Å². The molecule has 1 amide bonds. The number of hydrogen-bond acceptors (Lipinski definition) is 4. The van der Waals surface area contributed by atoms with Gasteiger partial charge in [0.1, 0.15) is 5.82 Å². The molecule has 2 heterocycles. The number of benzene rings is 1. The van der Waals surface area contributed by atoms with Gasteiger partial charge in [-0.3, -0.25) is 4.79 Å². The molecular weight excluding hydrogens is 388 g/mol. The Hall–Kier alpha value is -1.90. The van der Waals surface area contributed by atoms with Crippen LogP contribution in [0, 0.1) is 12.8 Å². The molecule has 0 spiro atoms. The van der Waals surface area contributed by atoms with E-state index in [1.165, 1.54) is 10.5 Å². The average molecular weight is 411 g/mol. The normalized spacial score (nSPS) is 16.4. The smallest absolute Gasteiger partial charge is 0.262 e.